The second-order valence-corrected chi connectivity index (χ2v) is 6.08. The summed E-state index contributed by atoms with van der Waals surface area (Å²) in [6.45, 7) is 2.51. The van der Waals surface area contributed by atoms with Gasteiger partial charge in [-0.2, -0.15) is 0 Å². The van der Waals surface area contributed by atoms with Crippen molar-refractivity contribution in [1.82, 2.24) is 20.2 Å². The first-order chi connectivity index (χ1) is 10.1. The monoisotopic (exact) mass is 386 g/mol. The Labute approximate surface area is 141 Å². The standard InChI is InChI=1S/C14H15BrN4O2.ClH/c15-10-1-2-12-11(3-10)14(21)19(8-18-12)7-13(20)17-6-9-4-16-5-9;/h1-3,8-9,16H,4-7H2,(H,17,20);1H. The van der Waals surface area contributed by atoms with Gasteiger partial charge in [-0.05, 0) is 18.2 Å². The maximum atomic E-state index is 12.3. The Kier molecular flexibility index (Phi) is 5.55. The van der Waals surface area contributed by atoms with Crippen LogP contribution in [-0.2, 0) is 11.3 Å². The molecule has 0 bridgehead atoms. The van der Waals surface area contributed by atoms with E-state index in [2.05, 4.69) is 31.5 Å². The number of amides is 1. The molecule has 118 valence electrons. The molecule has 1 saturated heterocycles. The Balaban J connectivity index is 0.00000176. The van der Waals surface area contributed by atoms with Crippen molar-refractivity contribution in [2.24, 2.45) is 5.92 Å². The van der Waals surface area contributed by atoms with Gasteiger partial charge < -0.3 is 10.6 Å². The largest absolute Gasteiger partial charge is 0.354 e. The molecule has 2 aromatic rings. The van der Waals surface area contributed by atoms with E-state index in [1.807, 2.05) is 6.07 Å². The molecule has 6 nitrogen and oxygen atoms in total. The first-order valence-corrected chi connectivity index (χ1v) is 7.55. The van der Waals surface area contributed by atoms with Gasteiger partial charge in [-0.3, -0.25) is 14.2 Å². The lowest BCUT2D eigenvalue weighted by atomic mass is 10.0. The van der Waals surface area contributed by atoms with Crippen LogP contribution in [0.25, 0.3) is 10.9 Å². The molecule has 22 heavy (non-hydrogen) atoms. The summed E-state index contributed by atoms with van der Waals surface area (Å²) in [5.41, 5.74) is 0.419. The van der Waals surface area contributed by atoms with Crippen LogP contribution in [0.15, 0.2) is 33.8 Å². The molecule has 1 aromatic heterocycles. The average molecular weight is 388 g/mol. The van der Waals surface area contributed by atoms with E-state index in [0.29, 0.717) is 23.4 Å². The van der Waals surface area contributed by atoms with Crippen molar-refractivity contribution in [2.45, 2.75) is 6.54 Å². The van der Waals surface area contributed by atoms with Crippen molar-refractivity contribution < 1.29 is 4.79 Å². The van der Waals surface area contributed by atoms with Gasteiger partial charge >= 0.3 is 0 Å². The Hall–Kier alpha value is -1.44. The quantitative estimate of drug-likeness (QED) is 0.818. The van der Waals surface area contributed by atoms with Gasteiger partial charge in [0.25, 0.3) is 5.56 Å². The first-order valence-electron chi connectivity index (χ1n) is 6.75. The van der Waals surface area contributed by atoms with E-state index in [1.54, 1.807) is 12.1 Å². The molecular weight excluding hydrogens is 372 g/mol. The minimum atomic E-state index is -0.207. The number of carbonyl (C=O) groups excluding carboxylic acids is 1. The highest BCUT2D eigenvalue weighted by Gasteiger charge is 2.17. The van der Waals surface area contributed by atoms with Gasteiger partial charge in [0.1, 0.15) is 6.54 Å². The molecule has 1 aromatic carbocycles. The molecule has 0 spiro atoms. The molecule has 0 unspecified atom stereocenters. The predicted molar refractivity (Wildman–Crippen MR) is 90.3 cm³/mol. The zero-order chi connectivity index (χ0) is 14.8. The van der Waals surface area contributed by atoms with E-state index in [9.17, 15) is 9.59 Å². The zero-order valence-electron chi connectivity index (χ0n) is 11.7. The Morgan fingerprint density at radius 3 is 2.91 bits per heavy atom. The fraction of sp³-hybridized carbons (Fsp3) is 0.357. The van der Waals surface area contributed by atoms with E-state index in [-0.39, 0.29) is 30.4 Å². The summed E-state index contributed by atoms with van der Waals surface area (Å²) in [5, 5.41) is 6.49. The average Bonchev–Trinajstić information content (AvgIpc) is 2.41. The molecule has 2 N–H and O–H groups in total. The fourth-order valence-electron chi connectivity index (χ4n) is 2.21. The minimum Gasteiger partial charge on any atom is -0.354 e. The lowest BCUT2D eigenvalue weighted by Crippen LogP contribution is -2.48. The van der Waals surface area contributed by atoms with E-state index >= 15 is 0 Å². The van der Waals surface area contributed by atoms with E-state index in [0.717, 1.165) is 17.6 Å². The van der Waals surface area contributed by atoms with Crippen LogP contribution in [0.4, 0.5) is 0 Å². The molecule has 0 atom stereocenters. The Bertz CT molecular complexity index is 745. The van der Waals surface area contributed by atoms with Crippen molar-refractivity contribution in [1.29, 1.82) is 0 Å². The van der Waals surface area contributed by atoms with Gasteiger partial charge in [0, 0.05) is 30.0 Å². The smallest absolute Gasteiger partial charge is 0.261 e. The number of rotatable bonds is 4. The molecule has 0 aliphatic carbocycles. The lowest BCUT2D eigenvalue weighted by Gasteiger charge is -2.27. The van der Waals surface area contributed by atoms with Crippen LogP contribution < -0.4 is 16.2 Å². The molecule has 1 aliphatic rings. The summed E-state index contributed by atoms with van der Waals surface area (Å²) < 4.78 is 2.15. The van der Waals surface area contributed by atoms with Crippen molar-refractivity contribution >= 4 is 45.1 Å². The predicted octanol–water partition coefficient (Wildman–Crippen LogP) is 0.916. The molecule has 2 heterocycles. The van der Waals surface area contributed by atoms with Gasteiger partial charge in [0.05, 0.1) is 17.2 Å². The van der Waals surface area contributed by atoms with E-state index < -0.39 is 0 Å². The summed E-state index contributed by atoms with van der Waals surface area (Å²) in [4.78, 5) is 28.4. The number of fused-ring (bicyclic) bond motifs is 1. The summed E-state index contributed by atoms with van der Waals surface area (Å²) in [6, 6.07) is 5.33. The van der Waals surface area contributed by atoms with Crippen molar-refractivity contribution in [2.75, 3.05) is 19.6 Å². The van der Waals surface area contributed by atoms with Crippen molar-refractivity contribution in [3.63, 3.8) is 0 Å². The third kappa shape index (κ3) is 3.66. The van der Waals surface area contributed by atoms with E-state index in [1.165, 1.54) is 10.9 Å². The van der Waals surface area contributed by atoms with Gasteiger partial charge in [0.15, 0.2) is 0 Å². The maximum Gasteiger partial charge on any atom is 0.261 e. The van der Waals surface area contributed by atoms with E-state index in [4.69, 9.17) is 0 Å². The second-order valence-electron chi connectivity index (χ2n) is 5.17. The number of halogens is 2. The zero-order valence-corrected chi connectivity index (χ0v) is 14.1. The lowest BCUT2D eigenvalue weighted by molar-refractivity contribution is -0.122. The van der Waals surface area contributed by atoms with Crippen molar-refractivity contribution in [3.05, 3.63) is 39.4 Å². The van der Waals surface area contributed by atoms with Crippen LogP contribution >= 0.6 is 28.3 Å². The van der Waals surface area contributed by atoms with Crippen LogP contribution in [0.1, 0.15) is 0 Å². The normalized spacial score (nSPS) is 14.2. The van der Waals surface area contributed by atoms with Gasteiger partial charge in [0.2, 0.25) is 5.91 Å². The molecule has 0 saturated carbocycles. The highest BCUT2D eigenvalue weighted by molar-refractivity contribution is 9.10. The molecule has 8 heteroatoms. The van der Waals surface area contributed by atoms with Crippen LogP contribution in [0.5, 0.6) is 0 Å². The van der Waals surface area contributed by atoms with Crippen LogP contribution in [0.3, 0.4) is 0 Å². The topological polar surface area (TPSA) is 76.0 Å². The van der Waals surface area contributed by atoms with Gasteiger partial charge in [-0.25, -0.2) is 4.98 Å². The molecule has 0 radical (unpaired) electrons. The maximum absolute atomic E-state index is 12.3. The number of hydrogen-bond acceptors (Lipinski definition) is 4. The van der Waals surface area contributed by atoms with Crippen LogP contribution in [0.2, 0.25) is 0 Å². The minimum absolute atomic E-state index is 0. The third-order valence-corrected chi connectivity index (χ3v) is 4.05. The van der Waals surface area contributed by atoms with Crippen LogP contribution in [-0.4, -0.2) is 35.1 Å². The highest BCUT2D eigenvalue weighted by Crippen LogP contribution is 2.14. The number of aromatic nitrogens is 2. The third-order valence-electron chi connectivity index (χ3n) is 3.55. The number of hydrogen-bond donors (Lipinski definition) is 2. The molecule has 3 rings (SSSR count). The SMILES string of the molecule is Cl.O=C(Cn1cnc2ccc(Br)cc2c1=O)NCC1CNC1. The number of nitrogens with zero attached hydrogens (tertiary/aromatic N) is 2. The Morgan fingerprint density at radius 1 is 1.45 bits per heavy atom. The highest BCUT2D eigenvalue weighted by atomic mass is 79.9. The van der Waals surface area contributed by atoms with Crippen molar-refractivity contribution in [3.8, 4) is 0 Å². The van der Waals surface area contributed by atoms with Gasteiger partial charge in [-0.15, -0.1) is 12.4 Å². The van der Waals surface area contributed by atoms with Gasteiger partial charge in [-0.1, -0.05) is 15.9 Å². The summed E-state index contributed by atoms with van der Waals surface area (Å²) in [6.07, 6.45) is 1.42. The summed E-state index contributed by atoms with van der Waals surface area (Å²) in [5.74, 6) is 0.330. The number of nitrogens with one attached hydrogen (secondary N) is 2. The fourth-order valence-corrected chi connectivity index (χ4v) is 2.57. The molecular formula is C14H16BrClN4O2. The number of carbonyl (C=O) groups is 1. The van der Waals surface area contributed by atoms with Crippen LogP contribution in [0, 0.1) is 5.92 Å². The Morgan fingerprint density at radius 2 is 2.23 bits per heavy atom. The summed E-state index contributed by atoms with van der Waals surface area (Å²) in [7, 11) is 0. The second kappa shape index (κ2) is 7.21. The molecule has 1 fully saturated rings. The summed E-state index contributed by atoms with van der Waals surface area (Å²) >= 11 is 3.34. The molecule has 1 amide bonds. The first kappa shape index (κ1) is 16.9. The number of benzene rings is 1. The molecule has 1 aliphatic heterocycles.